The fourth-order valence-corrected chi connectivity index (χ4v) is 4.19. The topological polar surface area (TPSA) is 66.9 Å². The molecule has 1 fully saturated rings. The van der Waals surface area contributed by atoms with Gasteiger partial charge >= 0.3 is 5.97 Å². The number of hydrogen-bond acceptors (Lipinski definition) is 5. The first-order chi connectivity index (χ1) is 15.6. The highest BCUT2D eigenvalue weighted by Gasteiger charge is 2.42. The van der Waals surface area contributed by atoms with E-state index in [0.29, 0.717) is 29.1 Å². The van der Waals surface area contributed by atoms with Crippen molar-refractivity contribution < 1.29 is 19.1 Å². The lowest BCUT2D eigenvalue weighted by atomic mass is 10.0. The number of benzene rings is 2. The van der Waals surface area contributed by atoms with Crippen molar-refractivity contribution in [1.29, 1.82) is 0 Å². The van der Waals surface area contributed by atoms with Crippen molar-refractivity contribution in [3.8, 4) is 0 Å². The van der Waals surface area contributed by atoms with E-state index in [1.807, 2.05) is 42.2 Å². The Bertz CT molecular complexity index is 1040. The number of esters is 1. The summed E-state index contributed by atoms with van der Waals surface area (Å²) in [5.74, 6) is -1.16. The van der Waals surface area contributed by atoms with Gasteiger partial charge in [0.05, 0.1) is 23.4 Å². The van der Waals surface area contributed by atoms with Gasteiger partial charge in [0.15, 0.2) is 0 Å². The van der Waals surface area contributed by atoms with Crippen LogP contribution in [0.4, 0.5) is 5.69 Å². The Kier molecular flexibility index (Phi) is 6.69. The highest BCUT2D eigenvalue weighted by molar-refractivity contribution is 6.45. The summed E-state index contributed by atoms with van der Waals surface area (Å²) in [4.78, 5) is 42.8. The highest BCUT2D eigenvalue weighted by atomic mass is 16.5. The van der Waals surface area contributed by atoms with Crippen LogP contribution in [-0.4, -0.2) is 42.4 Å². The Balaban J connectivity index is 1.68. The number of anilines is 1. The quantitative estimate of drug-likeness (QED) is 0.368. The van der Waals surface area contributed by atoms with Crippen LogP contribution in [0.5, 0.6) is 0 Å². The van der Waals surface area contributed by atoms with Crippen molar-refractivity contribution in [2.75, 3.05) is 24.6 Å². The van der Waals surface area contributed by atoms with Gasteiger partial charge in [0.2, 0.25) is 0 Å². The smallest absolute Gasteiger partial charge is 0.338 e. The Morgan fingerprint density at radius 3 is 2.41 bits per heavy atom. The second-order valence-corrected chi connectivity index (χ2v) is 8.12. The first-order valence-corrected chi connectivity index (χ1v) is 11.3. The molecule has 2 aromatic carbocycles. The molecular weight excluding hydrogens is 404 g/mol. The summed E-state index contributed by atoms with van der Waals surface area (Å²) in [5, 5.41) is 0. The average Bonchev–Trinajstić information content (AvgIpc) is 3.10. The van der Waals surface area contributed by atoms with Crippen LogP contribution in [0, 0.1) is 0 Å². The molecule has 0 spiro atoms. The van der Waals surface area contributed by atoms with Gasteiger partial charge in [-0.2, -0.15) is 0 Å². The summed E-state index contributed by atoms with van der Waals surface area (Å²) in [5.41, 5.74) is 2.31. The number of rotatable bonds is 7. The molecule has 0 radical (unpaired) electrons. The molecular formula is C26H28N2O4. The van der Waals surface area contributed by atoms with E-state index in [4.69, 9.17) is 4.74 Å². The molecule has 0 aromatic heterocycles. The van der Waals surface area contributed by atoms with Crippen LogP contribution in [0.15, 0.2) is 60.3 Å². The number of carbonyl (C=O) groups is 3. The molecule has 2 heterocycles. The van der Waals surface area contributed by atoms with Gasteiger partial charge in [-0.3, -0.25) is 9.59 Å². The summed E-state index contributed by atoms with van der Waals surface area (Å²) in [6.45, 7) is 3.88. The molecule has 0 bridgehead atoms. The van der Waals surface area contributed by atoms with E-state index in [1.165, 1.54) is 4.90 Å². The maximum Gasteiger partial charge on any atom is 0.338 e. The standard InChI is InChI=1S/C26H28N2O4/c1-2-3-17-32-26(31)20-13-10-14-21(18-20)28-24(29)22(19-11-6-4-7-12-19)23(25(28)30)27-15-8-5-9-16-27/h4,6-7,10-14,18H,2-3,5,8-9,15-17H2,1H3. The van der Waals surface area contributed by atoms with Gasteiger partial charge in [0.25, 0.3) is 11.8 Å². The fourth-order valence-electron chi connectivity index (χ4n) is 4.19. The molecule has 4 rings (SSSR count). The van der Waals surface area contributed by atoms with Gasteiger partial charge in [-0.1, -0.05) is 49.7 Å². The lowest BCUT2D eigenvalue weighted by molar-refractivity contribution is -0.120. The average molecular weight is 433 g/mol. The number of hydrogen-bond donors (Lipinski definition) is 0. The minimum Gasteiger partial charge on any atom is -0.462 e. The molecule has 1 saturated heterocycles. The maximum atomic E-state index is 13.6. The van der Waals surface area contributed by atoms with Gasteiger partial charge < -0.3 is 9.64 Å². The minimum atomic E-state index is -0.452. The molecule has 0 atom stereocenters. The van der Waals surface area contributed by atoms with E-state index in [0.717, 1.165) is 50.8 Å². The second kappa shape index (κ2) is 9.81. The predicted octanol–water partition coefficient (Wildman–Crippen LogP) is 4.41. The zero-order valence-corrected chi connectivity index (χ0v) is 18.4. The number of amides is 2. The molecule has 0 saturated carbocycles. The third-order valence-electron chi connectivity index (χ3n) is 5.87. The Morgan fingerprint density at radius 1 is 0.938 bits per heavy atom. The number of unbranched alkanes of at least 4 members (excludes halogenated alkanes) is 1. The Labute approximate surface area is 188 Å². The molecule has 6 nitrogen and oxygen atoms in total. The number of carbonyl (C=O) groups excluding carboxylic acids is 3. The van der Waals surface area contributed by atoms with Crippen LogP contribution in [0.1, 0.15) is 54.9 Å². The molecule has 6 heteroatoms. The van der Waals surface area contributed by atoms with Gasteiger partial charge in [0, 0.05) is 13.1 Å². The van der Waals surface area contributed by atoms with E-state index in [2.05, 4.69) is 0 Å². The van der Waals surface area contributed by atoms with Crippen LogP contribution < -0.4 is 4.90 Å². The molecule has 2 amide bonds. The Hall–Kier alpha value is -3.41. The normalized spacial score (nSPS) is 16.7. The summed E-state index contributed by atoms with van der Waals surface area (Å²) in [6.07, 6.45) is 4.83. The van der Waals surface area contributed by atoms with Crippen LogP contribution in [0.3, 0.4) is 0 Å². The van der Waals surface area contributed by atoms with E-state index in [-0.39, 0.29) is 11.8 Å². The van der Waals surface area contributed by atoms with E-state index in [1.54, 1.807) is 24.3 Å². The lowest BCUT2D eigenvalue weighted by Crippen LogP contribution is -2.37. The Morgan fingerprint density at radius 2 is 1.69 bits per heavy atom. The van der Waals surface area contributed by atoms with Crippen LogP contribution >= 0.6 is 0 Å². The van der Waals surface area contributed by atoms with Crippen molar-refractivity contribution >= 4 is 29.0 Å². The number of imide groups is 1. The number of piperidine rings is 1. The first kappa shape index (κ1) is 21.8. The van der Waals surface area contributed by atoms with Crippen molar-refractivity contribution in [1.82, 2.24) is 4.90 Å². The summed E-state index contributed by atoms with van der Waals surface area (Å²) in [6, 6.07) is 15.9. The van der Waals surface area contributed by atoms with Crippen LogP contribution in [0.2, 0.25) is 0 Å². The molecule has 0 aliphatic carbocycles. The number of ether oxygens (including phenoxy) is 1. The molecule has 32 heavy (non-hydrogen) atoms. The van der Waals surface area contributed by atoms with Gasteiger partial charge in [-0.25, -0.2) is 9.69 Å². The molecule has 0 N–H and O–H groups in total. The van der Waals surface area contributed by atoms with Gasteiger partial charge in [-0.15, -0.1) is 0 Å². The molecule has 2 aliphatic heterocycles. The van der Waals surface area contributed by atoms with Crippen LogP contribution in [-0.2, 0) is 14.3 Å². The summed E-state index contributed by atoms with van der Waals surface area (Å²) in [7, 11) is 0. The zero-order chi connectivity index (χ0) is 22.5. The van der Waals surface area contributed by atoms with Crippen molar-refractivity contribution in [2.24, 2.45) is 0 Å². The predicted molar refractivity (Wildman–Crippen MR) is 123 cm³/mol. The molecule has 2 aliphatic rings. The highest BCUT2D eigenvalue weighted by Crippen LogP contribution is 2.36. The third kappa shape index (κ3) is 4.31. The maximum absolute atomic E-state index is 13.6. The molecule has 166 valence electrons. The third-order valence-corrected chi connectivity index (χ3v) is 5.87. The summed E-state index contributed by atoms with van der Waals surface area (Å²) >= 11 is 0. The largest absolute Gasteiger partial charge is 0.462 e. The van der Waals surface area contributed by atoms with Crippen molar-refractivity contribution in [3.05, 3.63) is 71.4 Å². The molecule has 0 unspecified atom stereocenters. The lowest BCUT2D eigenvalue weighted by Gasteiger charge is -2.29. The minimum absolute atomic E-state index is 0.326. The second-order valence-electron chi connectivity index (χ2n) is 8.12. The number of nitrogens with zero attached hydrogens (tertiary/aromatic N) is 2. The van der Waals surface area contributed by atoms with E-state index in [9.17, 15) is 14.4 Å². The van der Waals surface area contributed by atoms with Gasteiger partial charge in [-0.05, 0) is 49.4 Å². The van der Waals surface area contributed by atoms with Crippen molar-refractivity contribution in [3.63, 3.8) is 0 Å². The number of likely N-dealkylation sites (tertiary alicyclic amines) is 1. The van der Waals surface area contributed by atoms with Crippen LogP contribution in [0.25, 0.3) is 5.57 Å². The summed E-state index contributed by atoms with van der Waals surface area (Å²) < 4.78 is 5.30. The van der Waals surface area contributed by atoms with E-state index < -0.39 is 5.97 Å². The fraction of sp³-hybridized carbons (Fsp3) is 0.346. The monoisotopic (exact) mass is 432 g/mol. The SMILES string of the molecule is CCCCOC(=O)c1cccc(N2C(=O)C(c3ccccc3)=C(N3CCCCC3)C2=O)c1. The molecule has 2 aromatic rings. The first-order valence-electron chi connectivity index (χ1n) is 11.3. The van der Waals surface area contributed by atoms with Crippen molar-refractivity contribution in [2.45, 2.75) is 39.0 Å². The van der Waals surface area contributed by atoms with E-state index >= 15 is 0 Å². The van der Waals surface area contributed by atoms with Gasteiger partial charge in [0.1, 0.15) is 5.70 Å². The zero-order valence-electron chi connectivity index (χ0n) is 18.4.